The lowest BCUT2D eigenvalue weighted by Gasteiger charge is -2.44. The van der Waals surface area contributed by atoms with E-state index < -0.39 is 19.0 Å². The summed E-state index contributed by atoms with van der Waals surface area (Å²) in [7, 11) is -0.895. The molecule has 3 heterocycles. The highest BCUT2D eigenvalue weighted by Crippen LogP contribution is 2.47. The highest BCUT2D eigenvalue weighted by atomic mass is 35.5. The molecular weight excluding hydrogens is 372 g/mol. The molecule has 5 nitrogen and oxygen atoms in total. The highest BCUT2D eigenvalue weighted by molar-refractivity contribution is 6.45. The number of piperidine rings is 1. The standard InChI is InChI=1S/C18H24BClF2N4O/c1-4-6-12-8-16(20)23-24-17(12)25(7-5-2)13-9-14-11-18(21,22)15(10-13)26(14)19(3)27/h4-5,8,13-15,27H,1-2,6-7,9-11H2,3H3/t13-,14+,15-/m1/s1. The van der Waals surface area contributed by atoms with Gasteiger partial charge in [0.05, 0.1) is 6.04 Å². The zero-order chi connectivity index (χ0) is 19.8. The molecule has 2 aliphatic rings. The van der Waals surface area contributed by atoms with Crippen molar-refractivity contribution in [2.24, 2.45) is 0 Å². The first-order chi connectivity index (χ1) is 12.8. The third kappa shape index (κ3) is 3.88. The lowest BCUT2D eigenvalue weighted by Crippen LogP contribution is -2.57. The average Bonchev–Trinajstić information content (AvgIpc) is 2.75. The van der Waals surface area contributed by atoms with Gasteiger partial charge in [0.1, 0.15) is 0 Å². The second kappa shape index (κ2) is 7.85. The van der Waals surface area contributed by atoms with Crippen molar-refractivity contribution in [1.82, 2.24) is 15.0 Å². The largest absolute Gasteiger partial charge is 0.437 e. The van der Waals surface area contributed by atoms with E-state index in [0.29, 0.717) is 25.2 Å². The summed E-state index contributed by atoms with van der Waals surface area (Å²) in [6.07, 6.45) is 4.55. The molecule has 2 aliphatic heterocycles. The van der Waals surface area contributed by atoms with Gasteiger partial charge in [-0.25, -0.2) is 8.78 Å². The van der Waals surface area contributed by atoms with Crippen LogP contribution in [0, 0.1) is 0 Å². The number of hydrogen-bond donors (Lipinski definition) is 1. The van der Waals surface area contributed by atoms with Crippen LogP contribution in [0.15, 0.2) is 31.4 Å². The van der Waals surface area contributed by atoms with E-state index in [2.05, 4.69) is 23.4 Å². The number of hydrogen-bond acceptors (Lipinski definition) is 5. The third-order valence-electron chi connectivity index (χ3n) is 5.47. The Balaban J connectivity index is 1.94. The molecule has 0 saturated carbocycles. The first-order valence-electron chi connectivity index (χ1n) is 9.12. The van der Waals surface area contributed by atoms with E-state index in [4.69, 9.17) is 11.6 Å². The summed E-state index contributed by atoms with van der Waals surface area (Å²) in [5.74, 6) is -2.19. The predicted molar refractivity (Wildman–Crippen MR) is 104 cm³/mol. The van der Waals surface area contributed by atoms with E-state index in [1.807, 2.05) is 4.90 Å². The van der Waals surface area contributed by atoms with Gasteiger partial charge in [-0.2, -0.15) is 0 Å². The van der Waals surface area contributed by atoms with Crippen molar-refractivity contribution >= 4 is 24.5 Å². The van der Waals surface area contributed by atoms with Crippen molar-refractivity contribution in [3.05, 3.63) is 42.1 Å². The molecule has 27 heavy (non-hydrogen) atoms. The Labute approximate surface area is 163 Å². The van der Waals surface area contributed by atoms with Crippen LogP contribution in [0.2, 0.25) is 12.0 Å². The van der Waals surface area contributed by atoms with E-state index in [-0.39, 0.29) is 30.1 Å². The number of aromatic nitrogens is 2. The van der Waals surface area contributed by atoms with E-state index in [9.17, 15) is 13.8 Å². The molecule has 3 rings (SSSR count). The molecular formula is C18H24BClF2N4O. The van der Waals surface area contributed by atoms with Crippen molar-refractivity contribution in [2.75, 3.05) is 11.4 Å². The summed E-state index contributed by atoms with van der Waals surface area (Å²) in [4.78, 5) is 3.54. The summed E-state index contributed by atoms with van der Waals surface area (Å²) in [5, 5.41) is 18.5. The van der Waals surface area contributed by atoms with Crippen molar-refractivity contribution in [3.8, 4) is 0 Å². The van der Waals surface area contributed by atoms with Gasteiger partial charge in [0.25, 0.3) is 5.92 Å². The fraction of sp³-hybridized carbons (Fsp3) is 0.556. The summed E-state index contributed by atoms with van der Waals surface area (Å²) in [5.41, 5.74) is 0.851. The molecule has 0 spiro atoms. The molecule has 9 heteroatoms. The topological polar surface area (TPSA) is 52.5 Å². The molecule has 2 saturated heterocycles. The minimum absolute atomic E-state index is 0.152. The Morgan fingerprint density at radius 2 is 2.15 bits per heavy atom. The van der Waals surface area contributed by atoms with Crippen LogP contribution in [-0.4, -0.2) is 57.7 Å². The first kappa shape index (κ1) is 20.2. The molecule has 2 bridgehead atoms. The van der Waals surface area contributed by atoms with Gasteiger partial charge in [-0.15, -0.1) is 23.4 Å². The lowest BCUT2D eigenvalue weighted by molar-refractivity contribution is -0.0283. The SMILES string of the molecule is C=CCc1cc(Cl)nnc1N(CC=C)[C@@H]1C[C@H]2CC(F)(F)[C@@H](C1)N2B(C)O. The summed E-state index contributed by atoms with van der Waals surface area (Å²) >= 11 is 5.99. The zero-order valence-corrected chi connectivity index (χ0v) is 16.1. The fourth-order valence-corrected chi connectivity index (χ4v) is 4.68. The van der Waals surface area contributed by atoms with Crippen LogP contribution in [-0.2, 0) is 6.42 Å². The van der Waals surface area contributed by atoms with Crippen molar-refractivity contribution in [3.63, 3.8) is 0 Å². The van der Waals surface area contributed by atoms with Crippen molar-refractivity contribution < 1.29 is 13.8 Å². The Bertz CT molecular complexity index is 721. The molecule has 1 N–H and O–H groups in total. The number of anilines is 1. The molecule has 1 aromatic heterocycles. The zero-order valence-electron chi connectivity index (χ0n) is 15.4. The van der Waals surface area contributed by atoms with Crippen LogP contribution < -0.4 is 4.90 Å². The molecule has 0 unspecified atom stereocenters. The van der Waals surface area contributed by atoms with Gasteiger partial charge in [0.2, 0.25) is 0 Å². The molecule has 0 aromatic carbocycles. The molecule has 1 aromatic rings. The predicted octanol–water partition coefficient (Wildman–Crippen LogP) is 3.20. The summed E-state index contributed by atoms with van der Waals surface area (Å²) in [6.45, 7) is 9.58. The summed E-state index contributed by atoms with van der Waals surface area (Å²) < 4.78 is 29.1. The Hall–Kier alpha value is -1.51. The molecule has 146 valence electrons. The maximum Gasteiger partial charge on any atom is 0.377 e. The number of rotatable bonds is 7. The highest BCUT2D eigenvalue weighted by Gasteiger charge is 2.59. The normalized spacial score (nSPS) is 26.6. The van der Waals surface area contributed by atoms with Gasteiger partial charge in [-0.1, -0.05) is 23.8 Å². The van der Waals surface area contributed by atoms with Crippen LogP contribution in [0.5, 0.6) is 0 Å². The number of halogens is 3. The smallest absolute Gasteiger partial charge is 0.377 e. The van der Waals surface area contributed by atoms with Gasteiger partial charge in [-0.3, -0.25) is 0 Å². The Kier molecular flexibility index (Phi) is 5.89. The second-order valence-corrected chi connectivity index (χ2v) is 7.68. The lowest BCUT2D eigenvalue weighted by atomic mass is 9.78. The Morgan fingerprint density at radius 3 is 2.74 bits per heavy atom. The quantitative estimate of drug-likeness (QED) is 0.566. The number of fused-ring (bicyclic) bond motifs is 2. The minimum atomic E-state index is -2.81. The second-order valence-electron chi connectivity index (χ2n) is 7.29. The van der Waals surface area contributed by atoms with E-state index in [1.54, 1.807) is 29.9 Å². The van der Waals surface area contributed by atoms with Gasteiger partial charge in [0.15, 0.2) is 11.0 Å². The minimum Gasteiger partial charge on any atom is -0.437 e. The van der Waals surface area contributed by atoms with Crippen LogP contribution in [0.25, 0.3) is 0 Å². The first-order valence-corrected chi connectivity index (χ1v) is 9.50. The van der Waals surface area contributed by atoms with Gasteiger partial charge < -0.3 is 14.7 Å². The monoisotopic (exact) mass is 396 g/mol. The molecule has 2 fully saturated rings. The van der Waals surface area contributed by atoms with Crippen LogP contribution in [0.3, 0.4) is 0 Å². The van der Waals surface area contributed by atoms with Crippen LogP contribution in [0.1, 0.15) is 24.8 Å². The molecule has 0 radical (unpaired) electrons. The Morgan fingerprint density at radius 1 is 1.41 bits per heavy atom. The van der Waals surface area contributed by atoms with Crippen molar-refractivity contribution in [1.29, 1.82) is 0 Å². The van der Waals surface area contributed by atoms with E-state index >= 15 is 0 Å². The van der Waals surface area contributed by atoms with E-state index in [1.165, 1.54) is 0 Å². The van der Waals surface area contributed by atoms with Gasteiger partial charge >= 0.3 is 7.05 Å². The number of alkyl halides is 2. The maximum atomic E-state index is 14.5. The van der Waals surface area contributed by atoms with E-state index in [0.717, 1.165) is 5.56 Å². The summed E-state index contributed by atoms with van der Waals surface area (Å²) in [6, 6.07) is 0.215. The fourth-order valence-electron chi connectivity index (χ4n) is 4.51. The third-order valence-corrected chi connectivity index (χ3v) is 5.66. The van der Waals surface area contributed by atoms with Crippen molar-refractivity contribution in [2.45, 2.75) is 56.6 Å². The van der Waals surface area contributed by atoms with Crippen LogP contribution >= 0.6 is 11.6 Å². The maximum absolute atomic E-state index is 14.5. The van der Waals surface area contributed by atoms with Gasteiger partial charge in [0, 0.05) is 30.6 Å². The molecule has 3 atom stereocenters. The van der Waals surface area contributed by atoms with Crippen LogP contribution in [0.4, 0.5) is 14.6 Å². The number of allylic oxidation sites excluding steroid dienone is 1. The van der Waals surface area contributed by atoms with Gasteiger partial charge in [-0.05, 0) is 32.2 Å². The molecule has 0 aliphatic carbocycles. The average molecular weight is 397 g/mol. The molecule has 0 amide bonds. The number of nitrogens with zero attached hydrogens (tertiary/aromatic N) is 4.